The van der Waals surface area contributed by atoms with Crippen LogP contribution in [-0.2, 0) is 4.74 Å². The van der Waals surface area contributed by atoms with Crippen molar-refractivity contribution in [2.75, 3.05) is 39.4 Å². The van der Waals surface area contributed by atoms with Gasteiger partial charge in [-0.3, -0.25) is 15.0 Å². The molecule has 0 unspecified atom stereocenters. The molecule has 1 aromatic carbocycles. The van der Waals surface area contributed by atoms with Crippen LogP contribution in [0.4, 0.5) is 10.1 Å². The third kappa shape index (κ3) is 3.50. The van der Waals surface area contributed by atoms with Crippen LogP contribution >= 0.6 is 0 Å². The van der Waals surface area contributed by atoms with E-state index in [4.69, 9.17) is 4.74 Å². The zero-order valence-electron chi connectivity index (χ0n) is 13.4. The number of rotatable bonds is 4. The van der Waals surface area contributed by atoms with E-state index in [1.54, 1.807) is 0 Å². The number of halogens is 1. The number of nitro benzene ring substituents is 1. The van der Waals surface area contributed by atoms with Gasteiger partial charge in [-0.1, -0.05) is 0 Å². The normalized spacial score (nSPS) is 21.5. The number of nitrogens with one attached hydrogen (secondary N) is 1. The van der Waals surface area contributed by atoms with Gasteiger partial charge >= 0.3 is 5.69 Å². The van der Waals surface area contributed by atoms with E-state index in [2.05, 4.69) is 10.2 Å². The summed E-state index contributed by atoms with van der Waals surface area (Å²) in [6, 6.07) is 1.77. The van der Waals surface area contributed by atoms with Crippen LogP contribution < -0.4 is 5.32 Å². The van der Waals surface area contributed by atoms with Crippen molar-refractivity contribution in [3.8, 4) is 5.75 Å². The van der Waals surface area contributed by atoms with Crippen molar-refractivity contribution in [2.45, 2.75) is 18.9 Å². The highest BCUT2D eigenvalue weighted by Crippen LogP contribution is 2.42. The van der Waals surface area contributed by atoms with Crippen LogP contribution in [0.3, 0.4) is 0 Å². The van der Waals surface area contributed by atoms with Crippen LogP contribution in [0.25, 0.3) is 0 Å². The molecule has 2 aliphatic heterocycles. The average molecular weight is 339 g/mol. The molecule has 24 heavy (non-hydrogen) atoms. The number of phenolic OH excluding ortho intramolecular Hbond substituents is 1. The predicted molar refractivity (Wildman–Crippen MR) is 85.4 cm³/mol. The first-order chi connectivity index (χ1) is 11.6. The summed E-state index contributed by atoms with van der Waals surface area (Å²) < 4.78 is 19.4. The van der Waals surface area contributed by atoms with E-state index in [0.29, 0.717) is 18.8 Å². The monoisotopic (exact) mass is 339 g/mol. The summed E-state index contributed by atoms with van der Waals surface area (Å²) in [5.74, 6) is -0.942. The summed E-state index contributed by atoms with van der Waals surface area (Å²) in [7, 11) is 0. The number of aromatic hydroxyl groups is 1. The van der Waals surface area contributed by atoms with Gasteiger partial charge in [-0.05, 0) is 24.8 Å². The number of nitrogens with zero attached hydrogens (tertiary/aromatic N) is 2. The highest BCUT2D eigenvalue weighted by Gasteiger charge is 2.35. The van der Waals surface area contributed by atoms with Gasteiger partial charge in [0.2, 0.25) is 0 Å². The van der Waals surface area contributed by atoms with E-state index < -0.39 is 22.2 Å². The molecule has 132 valence electrons. The fourth-order valence-electron chi connectivity index (χ4n) is 3.71. The van der Waals surface area contributed by atoms with E-state index >= 15 is 0 Å². The molecule has 0 amide bonds. The van der Waals surface area contributed by atoms with Crippen molar-refractivity contribution in [2.24, 2.45) is 5.92 Å². The van der Waals surface area contributed by atoms with E-state index in [-0.39, 0.29) is 12.0 Å². The fourth-order valence-corrected chi connectivity index (χ4v) is 3.71. The highest BCUT2D eigenvalue weighted by atomic mass is 19.1. The second kappa shape index (κ2) is 7.42. The maximum Gasteiger partial charge on any atom is 0.313 e. The minimum absolute atomic E-state index is 0.171. The quantitative estimate of drug-likeness (QED) is 0.643. The Kier molecular flexibility index (Phi) is 5.27. The molecule has 0 saturated carbocycles. The third-order valence-corrected chi connectivity index (χ3v) is 4.86. The Morgan fingerprint density at radius 2 is 2.00 bits per heavy atom. The van der Waals surface area contributed by atoms with Crippen molar-refractivity contribution >= 4 is 5.69 Å². The summed E-state index contributed by atoms with van der Waals surface area (Å²) in [5.41, 5.74) is -0.257. The Bertz CT molecular complexity index is 583. The van der Waals surface area contributed by atoms with Crippen LogP contribution in [0.2, 0.25) is 0 Å². The van der Waals surface area contributed by atoms with Crippen molar-refractivity contribution in [1.29, 1.82) is 0 Å². The number of ether oxygens (including phenoxy) is 1. The zero-order valence-corrected chi connectivity index (χ0v) is 13.4. The van der Waals surface area contributed by atoms with Crippen molar-refractivity contribution in [1.82, 2.24) is 10.2 Å². The highest BCUT2D eigenvalue weighted by molar-refractivity contribution is 5.52. The molecular formula is C16H22FN3O4. The average Bonchev–Trinajstić information content (AvgIpc) is 2.59. The van der Waals surface area contributed by atoms with Crippen LogP contribution in [0.15, 0.2) is 12.1 Å². The van der Waals surface area contributed by atoms with Crippen molar-refractivity contribution < 1.29 is 19.2 Å². The Balaban J connectivity index is 2.02. The number of hydrogen-bond donors (Lipinski definition) is 2. The molecule has 1 atom stereocenters. The maximum absolute atomic E-state index is 14.0. The summed E-state index contributed by atoms with van der Waals surface area (Å²) in [4.78, 5) is 12.6. The molecule has 7 nitrogen and oxygen atoms in total. The Hall–Kier alpha value is -1.77. The van der Waals surface area contributed by atoms with Gasteiger partial charge < -0.3 is 15.2 Å². The molecule has 0 bridgehead atoms. The summed E-state index contributed by atoms with van der Waals surface area (Å²) in [5, 5.41) is 24.8. The number of hydrogen-bond acceptors (Lipinski definition) is 6. The van der Waals surface area contributed by atoms with Crippen LogP contribution in [0.1, 0.15) is 24.4 Å². The molecule has 8 heteroatoms. The van der Waals surface area contributed by atoms with E-state index in [0.717, 1.165) is 45.1 Å². The molecule has 2 heterocycles. The van der Waals surface area contributed by atoms with Gasteiger partial charge in [0, 0.05) is 51.0 Å². The summed E-state index contributed by atoms with van der Waals surface area (Å²) >= 11 is 0. The molecule has 0 radical (unpaired) electrons. The summed E-state index contributed by atoms with van der Waals surface area (Å²) in [6.45, 7) is 4.35. The minimum Gasteiger partial charge on any atom is -0.502 e. The smallest absolute Gasteiger partial charge is 0.313 e. The third-order valence-electron chi connectivity index (χ3n) is 4.86. The first-order valence-electron chi connectivity index (χ1n) is 8.27. The Labute approximate surface area is 139 Å². The molecule has 1 aromatic rings. The van der Waals surface area contributed by atoms with Crippen LogP contribution in [0.5, 0.6) is 5.75 Å². The predicted octanol–water partition coefficient (Wildman–Crippen LogP) is 1.81. The van der Waals surface area contributed by atoms with E-state index in [1.165, 1.54) is 6.07 Å². The lowest BCUT2D eigenvalue weighted by molar-refractivity contribution is -0.386. The van der Waals surface area contributed by atoms with Crippen LogP contribution in [-0.4, -0.2) is 54.3 Å². The largest absolute Gasteiger partial charge is 0.502 e. The van der Waals surface area contributed by atoms with Gasteiger partial charge in [-0.25, -0.2) is 4.39 Å². The van der Waals surface area contributed by atoms with Gasteiger partial charge in [-0.2, -0.15) is 0 Å². The lowest BCUT2D eigenvalue weighted by Crippen LogP contribution is -2.47. The molecule has 2 N–H and O–H groups in total. The maximum atomic E-state index is 14.0. The lowest BCUT2D eigenvalue weighted by Gasteiger charge is -2.41. The number of benzene rings is 1. The second-order valence-corrected chi connectivity index (χ2v) is 6.30. The molecule has 3 rings (SSSR count). The van der Waals surface area contributed by atoms with E-state index in [9.17, 15) is 19.6 Å². The molecule has 2 saturated heterocycles. The van der Waals surface area contributed by atoms with Gasteiger partial charge in [0.1, 0.15) is 5.82 Å². The Morgan fingerprint density at radius 1 is 1.33 bits per heavy atom. The van der Waals surface area contributed by atoms with Gasteiger partial charge in [0.25, 0.3) is 0 Å². The second-order valence-electron chi connectivity index (χ2n) is 6.30. The molecule has 0 aliphatic carbocycles. The van der Waals surface area contributed by atoms with Gasteiger partial charge in [-0.15, -0.1) is 0 Å². The number of piperazine rings is 1. The first-order valence-corrected chi connectivity index (χ1v) is 8.27. The van der Waals surface area contributed by atoms with E-state index in [1.807, 2.05) is 0 Å². The van der Waals surface area contributed by atoms with Gasteiger partial charge in [0.15, 0.2) is 5.75 Å². The lowest BCUT2D eigenvalue weighted by atomic mass is 9.85. The molecular weight excluding hydrogens is 317 g/mol. The van der Waals surface area contributed by atoms with Crippen LogP contribution in [0, 0.1) is 21.8 Å². The molecule has 0 spiro atoms. The zero-order chi connectivity index (χ0) is 17.1. The van der Waals surface area contributed by atoms with Crippen molar-refractivity contribution in [3.63, 3.8) is 0 Å². The molecule has 2 fully saturated rings. The first kappa shape index (κ1) is 17.1. The van der Waals surface area contributed by atoms with Gasteiger partial charge in [0.05, 0.1) is 11.0 Å². The topological polar surface area (TPSA) is 87.9 Å². The summed E-state index contributed by atoms with van der Waals surface area (Å²) in [6.07, 6.45) is 1.58. The standard InChI is InChI=1S/C16H22FN3O4/c17-12-9-13(16(21)14(10-12)20(22)23)15(11-1-7-24-8-2-11)19-5-3-18-4-6-19/h9-11,15,18,21H,1-8H2/t15-/m0/s1. The SMILES string of the molecule is O=[N+]([O-])c1cc(F)cc([C@H](C2CCOCC2)N2CCNCC2)c1O. The Morgan fingerprint density at radius 3 is 2.62 bits per heavy atom. The molecule has 0 aromatic heterocycles. The van der Waals surface area contributed by atoms with Crippen molar-refractivity contribution in [3.05, 3.63) is 33.6 Å². The fraction of sp³-hybridized carbons (Fsp3) is 0.625. The number of nitro groups is 1. The minimum atomic E-state index is -0.735. The molecule has 2 aliphatic rings. The number of phenols is 1.